The predicted octanol–water partition coefficient (Wildman–Crippen LogP) is 4.22. The molecule has 0 aromatic heterocycles. The topological polar surface area (TPSA) is 65.1 Å². The lowest BCUT2D eigenvalue weighted by Gasteiger charge is -2.25. The summed E-state index contributed by atoms with van der Waals surface area (Å²) in [6.45, 7) is 1.49. The van der Waals surface area contributed by atoms with Gasteiger partial charge in [-0.15, -0.1) is 0 Å². The van der Waals surface area contributed by atoms with Gasteiger partial charge in [0, 0.05) is 18.7 Å². The number of piperidine rings is 1. The summed E-state index contributed by atoms with van der Waals surface area (Å²) in [7, 11) is -0.268. The minimum absolute atomic E-state index is 0.300. The van der Waals surface area contributed by atoms with Crippen LogP contribution in [0.2, 0.25) is 0 Å². The number of halogens is 1. The van der Waals surface area contributed by atoms with Gasteiger partial charge < -0.3 is 14.2 Å². The molecule has 2 aromatic rings. The molecule has 0 unspecified atom stereocenters. The summed E-state index contributed by atoms with van der Waals surface area (Å²) in [4.78, 5) is 0.300. The van der Waals surface area contributed by atoms with Gasteiger partial charge in [0.05, 0.1) is 23.6 Å². The molecule has 0 amide bonds. The SMILES string of the molecule is COc1ccc(COc2ccc(S(=O)(=O)N3CCCCC3)cc2)c(Br)c1OC. The van der Waals surface area contributed by atoms with Crippen molar-refractivity contribution in [1.29, 1.82) is 0 Å². The van der Waals surface area contributed by atoms with Gasteiger partial charge in [-0.05, 0) is 59.1 Å². The Balaban J connectivity index is 1.70. The Bertz CT molecular complexity index is 909. The van der Waals surface area contributed by atoms with E-state index >= 15 is 0 Å². The van der Waals surface area contributed by atoms with Crippen molar-refractivity contribution < 1.29 is 22.6 Å². The normalized spacial score (nSPS) is 15.2. The highest BCUT2D eigenvalue weighted by Gasteiger charge is 2.25. The molecule has 8 heteroatoms. The Kier molecular flexibility index (Phi) is 6.85. The molecule has 28 heavy (non-hydrogen) atoms. The van der Waals surface area contributed by atoms with Crippen molar-refractivity contribution >= 4 is 26.0 Å². The van der Waals surface area contributed by atoms with Crippen LogP contribution >= 0.6 is 15.9 Å². The lowest BCUT2D eigenvalue weighted by atomic mass is 10.2. The van der Waals surface area contributed by atoms with Gasteiger partial charge in [0.1, 0.15) is 12.4 Å². The molecular weight excluding hydrogens is 446 g/mol. The van der Waals surface area contributed by atoms with Crippen LogP contribution in [-0.2, 0) is 16.6 Å². The van der Waals surface area contributed by atoms with E-state index in [0.717, 1.165) is 29.3 Å². The number of benzene rings is 2. The molecule has 0 saturated carbocycles. The van der Waals surface area contributed by atoms with Crippen LogP contribution in [0, 0.1) is 0 Å². The molecule has 0 bridgehead atoms. The van der Waals surface area contributed by atoms with Gasteiger partial charge in [-0.2, -0.15) is 4.31 Å². The van der Waals surface area contributed by atoms with E-state index in [9.17, 15) is 8.42 Å². The highest BCUT2D eigenvalue weighted by molar-refractivity contribution is 9.10. The van der Waals surface area contributed by atoms with Crippen LogP contribution < -0.4 is 14.2 Å². The van der Waals surface area contributed by atoms with Crippen LogP contribution in [0.4, 0.5) is 0 Å². The van der Waals surface area contributed by atoms with Crippen LogP contribution in [0.15, 0.2) is 45.8 Å². The van der Waals surface area contributed by atoms with Crippen molar-refractivity contribution in [3.05, 3.63) is 46.4 Å². The zero-order valence-electron chi connectivity index (χ0n) is 16.0. The first-order valence-corrected chi connectivity index (χ1v) is 11.3. The maximum atomic E-state index is 12.7. The zero-order valence-corrected chi connectivity index (χ0v) is 18.4. The molecule has 1 saturated heterocycles. The maximum Gasteiger partial charge on any atom is 0.243 e. The molecule has 152 valence electrons. The second-order valence-electron chi connectivity index (χ2n) is 6.50. The highest BCUT2D eigenvalue weighted by atomic mass is 79.9. The van der Waals surface area contributed by atoms with E-state index in [-0.39, 0.29) is 0 Å². The molecule has 0 atom stereocenters. The van der Waals surface area contributed by atoms with E-state index in [0.29, 0.717) is 41.8 Å². The van der Waals surface area contributed by atoms with Gasteiger partial charge in [-0.3, -0.25) is 0 Å². The molecule has 2 aromatic carbocycles. The number of methoxy groups -OCH3 is 2. The Hall–Kier alpha value is -1.77. The third-order valence-corrected chi connectivity index (χ3v) is 7.52. The second kappa shape index (κ2) is 9.15. The average molecular weight is 470 g/mol. The number of hydrogen-bond acceptors (Lipinski definition) is 5. The average Bonchev–Trinajstić information content (AvgIpc) is 2.73. The van der Waals surface area contributed by atoms with Crippen LogP contribution in [0.3, 0.4) is 0 Å². The van der Waals surface area contributed by atoms with Gasteiger partial charge in [0.2, 0.25) is 10.0 Å². The first-order chi connectivity index (χ1) is 13.5. The fourth-order valence-corrected chi connectivity index (χ4v) is 5.29. The largest absolute Gasteiger partial charge is 0.493 e. The molecule has 1 aliphatic heterocycles. The van der Waals surface area contributed by atoms with Crippen molar-refractivity contribution in [3.8, 4) is 17.2 Å². The summed E-state index contributed by atoms with van der Waals surface area (Å²) < 4.78 is 44.2. The van der Waals surface area contributed by atoms with E-state index in [4.69, 9.17) is 14.2 Å². The zero-order chi connectivity index (χ0) is 20.1. The Morgan fingerprint density at radius 3 is 2.25 bits per heavy atom. The molecule has 0 N–H and O–H groups in total. The number of rotatable bonds is 7. The third kappa shape index (κ3) is 4.45. The quantitative estimate of drug-likeness (QED) is 0.607. The van der Waals surface area contributed by atoms with Crippen LogP contribution in [0.25, 0.3) is 0 Å². The summed E-state index contributed by atoms with van der Waals surface area (Å²) in [5.41, 5.74) is 0.891. The number of ether oxygens (including phenoxy) is 3. The van der Waals surface area contributed by atoms with Crippen molar-refractivity contribution in [2.45, 2.75) is 30.8 Å². The van der Waals surface area contributed by atoms with Gasteiger partial charge in [-0.1, -0.05) is 12.5 Å². The fourth-order valence-electron chi connectivity index (χ4n) is 3.16. The highest BCUT2D eigenvalue weighted by Crippen LogP contribution is 2.38. The molecule has 0 aliphatic carbocycles. The lowest BCUT2D eigenvalue weighted by Crippen LogP contribution is -2.35. The van der Waals surface area contributed by atoms with E-state index in [2.05, 4.69) is 15.9 Å². The molecular formula is C20H24BrNO5S. The predicted molar refractivity (Wildman–Crippen MR) is 111 cm³/mol. The van der Waals surface area contributed by atoms with Gasteiger partial charge in [0.15, 0.2) is 11.5 Å². The molecule has 1 aliphatic rings. The van der Waals surface area contributed by atoms with Gasteiger partial charge in [0.25, 0.3) is 0 Å². The van der Waals surface area contributed by atoms with Gasteiger partial charge >= 0.3 is 0 Å². The third-order valence-electron chi connectivity index (χ3n) is 4.74. The van der Waals surface area contributed by atoms with Crippen molar-refractivity contribution in [3.63, 3.8) is 0 Å². The van der Waals surface area contributed by atoms with Crippen molar-refractivity contribution in [1.82, 2.24) is 4.31 Å². The van der Waals surface area contributed by atoms with Gasteiger partial charge in [-0.25, -0.2) is 8.42 Å². The van der Waals surface area contributed by atoms with Crippen LogP contribution in [-0.4, -0.2) is 40.0 Å². The Labute approximate surface area is 174 Å². The second-order valence-corrected chi connectivity index (χ2v) is 9.23. The van der Waals surface area contributed by atoms with E-state index < -0.39 is 10.0 Å². The minimum atomic E-state index is -3.43. The Morgan fingerprint density at radius 2 is 1.64 bits per heavy atom. The van der Waals surface area contributed by atoms with E-state index in [1.165, 1.54) is 0 Å². The summed E-state index contributed by atoms with van der Waals surface area (Å²) in [6, 6.07) is 10.3. The number of nitrogens with zero attached hydrogens (tertiary/aromatic N) is 1. The van der Waals surface area contributed by atoms with Crippen LogP contribution in [0.1, 0.15) is 24.8 Å². The summed E-state index contributed by atoms with van der Waals surface area (Å²) in [5.74, 6) is 1.83. The van der Waals surface area contributed by atoms with E-state index in [1.54, 1.807) is 42.8 Å². The van der Waals surface area contributed by atoms with E-state index in [1.807, 2.05) is 12.1 Å². The monoisotopic (exact) mass is 469 g/mol. The molecule has 1 fully saturated rings. The Morgan fingerprint density at radius 1 is 0.964 bits per heavy atom. The first-order valence-electron chi connectivity index (χ1n) is 9.09. The fraction of sp³-hybridized carbons (Fsp3) is 0.400. The number of hydrogen-bond donors (Lipinski definition) is 0. The van der Waals surface area contributed by atoms with Crippen molar-refractivity contribution in [2.24, 2.45) is 0 Å². The molecule has 1 heterocycles. The smallest absolute Gasteiger partial charge is 0.243 e. The molecule has 0 spiro atoms. The number of sulfonamides is 1. The van der Waals surface area contributed by atoms with Crippen LogP contribution in [0.5, 0.6) is 17.2 Å². The molecule has 0 radical (unpaired) electrons. The first kappa shape index (κ1) is 21.0. The summed E-state index contributed by atoms with van der Waals surface area (Å²) in [6.07, 6.45) is 2.92. The minimum Gasteiger partial charge on any atom is -0.493 e. The summed E-state index contributed by atoms with van der Waals surface area (Å²) in [5, 5.41) is 0. The summed E-state index contributed by atoms with van der Waals surface area (Å²) >= 11 is 3.52. The van der Waals surface area contributed by atoms with Crippen molar-refractivity contribution in [2.75, 3.05) is 27.3 Å². The molecule has 6 nitrogen and oxygen atoms in total. The standard InChI is InChI=1S/C20H24BrNO5S/c1-25-18-11-6-15(19(21)20(18)26-2)14-27-16-7-9-17(10-8-16)28(23,24)22-12-4-3-5-13-22/h6-11H,3-5,12-14H2,1-2H3. The molecule has 3 rings (SSSR count). The maximum absolute atomic E-state index is 12.7. The lowest BCUT2D eigenvalue weighted by molar-refractivity contribution is 0.302.